The number of thioether (sulfide) groups is 1. The summed E-state index contributed by atoms with van der Waals surface area (Å²) in [5.41, 5.74) is 7.62. The van der Waals surface area contributed by atoms with Gasteiger partial charge in [0, 0.05) is 17.1 Å². The second kappa shape index (κ2) is 7.31. The number of nitrogens with two attached hydrogens (primary N) is 1. The average molecular weight is 266 g/mol. The summed E-state index contributed by atoms with van der Waals surface area (Å²) < 4.78 is 0. The molecule has 1 unspecified atom stereocenters. The van der Waals surface area contributed by atoms with Crippen LogP contribution >= 0.6 is 11.8 Å². The number of hydrogen-bond acceptors (Lipinski definition) is 3. The van der Waals surface area contributed by atoms with E-state index in [9.17, 15) is 4.79 Å². The Morgan fingerprint density at radius 1 is 1.50 bits per heavy atom. The van der Waals surface area contributed by atoms with Crippen molar-refractivity contribution in [2.75, 3.05) is 12.3 Å². The highest BCUT2D eigenvalue weighted by Crippen LogP contribution is 2.26. The lowest BCUT2D eigenvalue weighted by molar-refractivity contribution is -0.120. The molecule has 0 heterocycles. The molecule has 100 valence electrons. The number of aryl methyl sites for hydroxylation is 1. The Labute approximate surface area is 114 Å². The minimum absolute atomic E-state index is 0.0788. The molecule has 0 spiro atoms. The van der Waals surface area contributed by atoms with Gasteiger partial charge in [0.2, 0.25) is 5.91 Å². The van der Waals surface area contributed by atoms with E-state index in [-0.39, 0.29) is 11.2 Å². The van der Waals surface area contributed by atoms with E-state index >= 15 is 0 Å². The van der Waals surface area contributed by atoms with Crippen molar-refractivity contribution in [1.29, 1.82) is 0 Å². The third-order valence-corrected chi connectivity index (χ3v) is 3.85. The van der Waals surface area contributed by atoms with Crippen LogP contribution in [0.25, 0.3) is 0 Å². The van der Waals surface area contributed by atoms with Crippen molar-refractivity contribution in [2.45, 2.75) is 43.8 Å². The molecule has 0 saturated carbocycles. The maximum atomic E-state index is 11.8. The van der Waals surface area contributed by atoms with E-state index < -0.39 is 0 Å². The van der Waals surface area contributed by atoms with E-state index in [1.807, 2.05) is 32.0 Å². The predicted molar refractivity (Wildman–Crippen MR) is 78.8 cm³/mol. The topological polar surface area (TPSA) is 55.1 Å². The molecule has 1 amide bonds. The fraction of sp³-hybridized carbons (Fsp3) is 0.500. The molecule has 18 heavy (non-hydrogen) atoms. The monoisotopic (exact) mass is 266 g/mol. The van der Waals surface area contributed by atoms with E-state index in [2.05, 4.69) is 12.2 Å². The van der Waals surface area contributed by atoms with E-state index in [4.69, 9.17) is 5.73 Å². The predicted octanol–water partition coefficient (Wildman–Crippen LogP) is 2.97. The van der Waals surface area contributed by atoms with E-state index in [0.29, 0.717) is 0 Å². The van der Waals surface area contributed by atoms with Gasteiger partial charge in [0.15, 0.2) is 0 Å². The second-order valence-electron chi connectivity index (χ2n) is 4.42. The number of benzene rings is 1. The summed E-state index contributed by atoms with van der Waals surface area (Å²) in [5, 5.41) is 2.87. The lowest BCUT2D eigenvalue weighted by Crippen LogP contribution is -2.31. The van der Waals surface area contributed by atoms with Crippen molar-refractivity contribution in [3.05, 3.63) is 23.8 Å². The molecule has 1 aromatic carbocycles. The van der Waals surface area contributed by atoms with Gasteiger partial charge in [-0.2, -0.15) is 0 Å². The Kier molecular flexibility index (Phi) is 6.05. The van der Waals surface area contributed by atoms with Crippen molar-refractivity contribution in [2.24, 2.45) is 0 Å². The first-order valence-electron chi connectivity index (χ1n) is 6.35. The van der Waals surface area contributed by atoms with Crippen LogP contribution in [0.2, 0.25) is 0 Å². The minimum atomic E-state index is -0.0788. The van der Waals surface area contributed by atoms with Crippen LogP contribution in [0.15, 0.2) is 23.1 Å². The van der Waals surface area contributed by atoms with Gasteiger partial charge in [-0.3, -0.25) is 4.79 Å². The maximum Gasteiger partial charge on any atom is 0.233 e. The molecule has 0 saturated heterocycles. The third kappa shape index (κ3) is 4.61. The van der Waals surface area contributed by atoms with Crippen LogP contribution in [0.3, 0.4) is 0 Å². The summed E-state index contributed by atoms with van der Waals surface area (Å²) in [7, 11) is 0. The standard InChI is InChI=1S/C14H22N2OS/c1-4-5-8-16-14(17)11(3)18-12-6-7-13(15)10(2)9-12/h6-7,9,11H,4-5,8,15H2,1-3H3,(H,16,17). The number of carbonyl (C=O) groups is 1. The number of unbranched alkanes of at least 4 members (excludes halogenated alkanes) is 1. The fourth-order valence-corrected chi connectivity index (χ4v) is 2.50. The fourth-order valence-electron chi connectivity index (χ4n) is 1.51. The van der Waals surface area contributed by atoms with Crippen molar-refractivity contribution in [1.82, 2.24) is 5.32 Å². The normalized spacial score (nSPS) is 12.2. The Morgan fingerprint density at radius 2 is 2.22 bits per heavy atom. The first-order valence-corrected chi connectivity index (χ1v) is 7.23. The van der Waals surface area contributed by atoms with Crippen molar-refractivity contribution in [3.8, 4) is 0 Å². The summed E-state index contributed by atoms with van der Waals surface area (Å²) in [6.45, 7) is 6.78. The number of nitrogens with one attached hydrogen (secondary N) is 1. The summed E-state index contributed by atoms with van der Waals surface area (Å²) in [4.78, 5) is 12.9. The molecule has 3 N–H and O–H groups in total. The molecule has 0 aliphatic heterocycles. The van der Waals surface area contributed by atoms with Gasteiger partial charge in [-0.25, -0.2) is 0 Å². The number of rotatable bonds is 6. The van der Waals surface area contributed by atoms with Crippen LogP contribution < -0.4 is 11.1 Å². The maximum absolute atomic E-state index is 11.8. The molecule has 1 atom stereocenters. The van der Waals surface area contributed by atoms with Gasteiger partial charge < -0.3 is 11.1 Å². The van der Waals surface area contributed by atoms with Crippen molar-refractivity contribution >= 4 is 23.4 Å². The molecule has 0 fully saturated rings. The van der Waals surface area contributed by atoms with Gasteiger partial charge in [-0.05, 0) is 44.0 Å². The lowest BCUT2D eigenvalue weighted by atomic mass is 10.2. The third-order valence-electron chi connectivity index (χ3n) is 2.75. The zero-order chi connectivity index (χ0) is 13.5. The van der Waals surface area contributed by atoms with Crippen LogP contribution in [-0.2, 0) is 4.79 Å². The Hall–Kier alpha value is -1.16. The molecule has 1 rings (SSSR count). The molecule has 0 aromatic heterocycles. The van der Waals surface area contributed by atoms with Gasteiger partial charge in [-0.1, -0.05) is 13.3 Å². The van der Waals surface area contributed by atoms with Crippen molar-refractivity contribution in [3.63, 3.8) is 0 Å². The van der Waals surface area contributed by atoms with Gasteiger partial charge >= 0.3 is 0 Å². The SMILES string of the molecule is CCCCNC(=O)C(C)Sc1ccc(N)c(C)c1. The highest BCUT2D eigenvalue weighted by Gasteiger charge is 2.13. The second-order valence-corrected chi connectivity index (χ2v) is 5.84. The number of nitrogen functional groups attached to an aromatic ring is 1. The zero-order valence-corrected chi connectivity index (χ0v) is 12.1. The Balaban J connectivity index is 2.50. The number of amides is 1. The average Bonchev–Trinajstić information content (AvgIpc) is 2.34. The smallest absolute Gasteiger partial charge is 0.233 e. The van der Waals surface area contributed by atoms with Gasteiger partial charge in [0.1, 0.15) is 0 Å². The number of anilines is 1. The molecule has 1 aromatic rings. The van der Waals surface area contributed by atoms with Gasteiger partial charge in [0.05, 0.1) is 5.25 Å². The van der Waals surface area contributed by atoms with Crippen LogP contribution in [-0.4, -0.2) is 17.7 Å². The minimum Gasteiger partial charge on any atom is -0.399 e. The van der Waals surface area contributed by atoms with Gasteiger partial charge in [-0.15, -0.1) is 11.8 Å². The Morgan fingerprint density at radius 3 is 2.83 bits per heavy atom. The number of hydrogen-bond donors (Lipinski definition) is 2. The summed E-state index contributed by atoms with van der Waals surface area (Å²) in [6.07, 6.45) is 2.13. The molecular weight excluding hydrogens is 244 g/mol. The van der Waals surface area contributed by atoms with Crippen LogP contribution in [0.4, 0.5) is 5.69 Å². The highest BCUT2D eigenvalue weighted by molar-refractivity contribution is 8.00. The van der Waals surface area contributed by atoms with Gasteiger partial charge in [0.25, 0.3) is 0 Å². The zero-order valence-electron chi connectivity index (χ0n) is 11.3. The molecule has 3 nitrogen and oxygen atoms in total. The molecule has 0 radical (unpaired) electrons. The quantitative estimate of drug-likeness (QED) is 0.473. The van der Waals surface area contributed by atoms with Crippen molar-refractivity contribution < 1.29 is 4.79 Å². The Bertz CT molecular complexity index is 407. The lowest BCUT2D eigenvalue weighted by Gasteiger charge is -2.12. The molecular formula is C14H22N2OS. The molecule has 0 aliphatic carbocycles. The van der Waals surface area contributed by atoms with E-state index in [1.54, 1.807) is 11.8 Å². The first-order chi connectivity index (χ1) is 8.54. The van der Waals surface area contributed by atoms with E-state index in [1.165, 1.54) is 0 Å². The van der Waals surface area contributed by atoms with E-state index in [0.717, 1.165) is 35.5 Å². The van der Waals surface area contributed by atoms with Crippen LogP contribution in [0.1, 0.15) is 32.3 Å². The first kappa shape index (κ1) is 14.9. The highest BCUT2D eigenvalue weighted by atomic mass is 32.2. The summed E-state index contributed by atoms with van der Waals surface area (Å²) >= 11 is 1.56. The van der Waals surface area contributed by atoms with Crippen LogP contribution in [0.5, 0.6) is 0 Å². The molecule has 0 aliphatic rings. The largest absolute Gasteiger partial charge is 0.399 e. The molecule has 0 bridgehead atoms. The van der Waals surface area contributed by atoms with Crippen LogP contribution in [0, 0.1) is 6.92 Å². The molecule has 4 heteroatoms. The summed E-state index contributed by atoms with van der Waals surface area (Å²) in [6, 6.07) is 5.87. The number of carbonyl (C=O) groups excluding carboxylic acids is 1. The summed E-state index contributed by atoms with van der Waals surface area (Å²) in [5.74, 6) is 0.0999.